The van der Waals surface area contributed by atoms with Crippen LogP contribution in [0.5, 0.6) is 0 Å². The van der Waals surface area contributed by atoms with E-state index in [1.807, 2.05) is 12.1 Å². The highest BCUT2D eigenvalue weighted by Gasteiger charge is 2.04. The Morgan fingerprint density at radius 1 is 1.43 bits per heavy atom. The van der Waals surface area contributed by atoms with Crippen molar-refractivity contribution >= 4 is 26.5 Å². The lowest BCUT2D eigenvalue weighted by Crippen LogP contribution is -2.31. The van der Waals surface area contributed by atoms with Gasteiger partial charge in [0.1, 0.15) is 0 Å². The number of rotatable bonds is 1. The summed E-state index contributed by atoms with van der Waals surface area (Å²) in [5, 5.41) is 11.2. The second kappa shape index (κ2) is 3.98. The van der Waals surface area contributed by atoms with Crippen molar-refractivity contribution in [1.82, 2.24) is 0 Å². The third-order valence-corrected chi connectivity index (χ3v) is 3.24. The zero-order valence-electron chi connectivity index (χ0n) is 7.76. The number of nitrogens with zero attached hydrogens (tertiary/aromatic N) is 1. The predicted octanol–water partition coefficient (Wildman–Crippen LogP) is 1.83. The van der Waals surface area contributed by atoms with Crippen molar-refractivity contribution < 1.29 is 0 Å². The number of hydrogen-bond acceptors (Lipinski definition) is 1. The van der Waals surface area contributed by atoms with E-state index in [4.69, 9.17) is 5.26 Å². The molecule has 0 atom stereocenters. The zero-order chi connectivity index (χ0) is 9.97. The molecule has 0 heterocycles. The second-order valence-corrected chi connectivity index (χ2v) is 4.32. The second-order valence-electron chi connectivity index (χ2n) is 3.36. The van der Waals surface area contributed by atoms with Crippen LogP contribution in [0.15, 0.2) is 18.2 Å². The molecule has 0 aliphatic heterocycles. The molecule has 0 spiro atoms. The molecule has 0 radical (unpaired) electrons. The fourth-order valence-electron chi connectivity index (χ4n) is 1.83. The van der Waals surface area contributed by atoms with Gasteiger partial charge in [0.15, 0.2) is 0 Å². The van der Waals surface area contributed by atoms with Gasteiger partial charge < -0.3 is 0 Å². The van der Waals surface area contributed by atoms with Crippen molar-refractivity contribution in [1.29, 1.82) is 5.26 Å². The molecule has 1 aliphatic carbocycles. The van der Waals surface area contributed by atoms with Crippen LogP contribution >= 0.6 is 15.9 Å². The highest BCUT2D eigenvalue weighted by molar-refractivity contribution is 9.14. The predicted molar refractivity (Wildman–Crippen MR) is 61.0 cm³/mol. The van der Waals surface area contributed by atoms with Gasteiger partial charge in [-0.1, -0.05) is 40.2 Å². The summed E-state index contributed by atoms with van der Waals surface area (Å²) in [6.07, 6.45) is 4.87. The molecule has 0 bridgehead atoms. The van der Waals surface area contributed by atoms with Crippen molar-refractivity contribution in [2.24, 2.45) is 0 Å². The minimum absolute atomic E-state index is 0.492. The zero-order valence-corrected chi connectivity index (χ0v) is 9.34. The monoisotopic (exact) mass is 247 g/mol. The highest BCUT2D eigenvalue weighted by Crippen LogP contribution is 2.15. The number of hydrogen-bond donors (Lipinski definition) is 0. The standard InChI is InChI=1S/C12H10BrN/c13-11-6-2-5-9-3-1-4-10(7-8-14)12(9)11/h1,3-5H,2,6-7H2. The Balaban J connectivity index is 2.78. The Hall–Kier alpha value is -1.07. The fraction of sp³-hybridized carbons (Fsp3) is 0.250. The normalized spacial score (nSPS) is 14.1. The van der Waals surface area contributed by atoms with Crippen LogP contribution in [0, 0.1) is 11.3 Å². The molecule has 0 saturated heterocycles. The van der Waals surface area contributed by atoms with Gasteiger partial charge in [-0.25, -0.2) is 0 Å². The van der Waals surface area contributed by atoms with Crippen LogP contribution in [-0.4, -0.2) is 0 Å². The van der Waals surface area contributed by atoms with Crippen molar-refractivity contribution in [3.05, 3.63) is 34.2 Å². The molecule has 1 nitrogen and oxygen atoms in total. The first kappa shape index (κ1) is 9.48. The Bertz CT molecular complexity index is 508. The maximum Gasteiger partial charge on any atom is 0.0669 e. The van der Waals surface area contributed by atoms with E-state index >= 15 is 0 Å². The first-order valence-electron chi connectivity index (χ1n) is 4.66. The summed E-state index contributed by atoms with van der Waals surface area (Å²) in [5.74, 6) is 0. The first-order chi connectivity index (χ1) is 6.83. The van der Waals surface area contributed by atoms with E-state index in [-0.39, 0.29) is 0 Å². The van der Waals surface area contributed by atoms with Crippen molar-refractivity contribution in [3.8, 4) is 6.07 Å². The molecule has 0 fully saturated rings. The van der Waals surface area contributed by atoms with Gasteiger partial charge >= 0.3 is 0 Å². The third kappa shape index (κ3) is 1.60. The summed E-state index contributed by atoms with van der Waals surface area (Å²) in [6.45, 7) is 0. The van der Waals surface area contributed by atoms with Crippen molar-refractivity contribution in [3.63, 3.8) is 0 Å². The Morgan fingerprint density at radius 3 is 3.07 bits per heavy atom. The van der Waals surface area contributed by atoms with Crippen LogP contribution in [-0.2, 0) is 6.42 Å². The smallest absolute Gasteiger partial charge is 0.0669 e. The average Bonchev–Trinajstić information content (AvgIpc) is 2.19. The maximum absolute atomic E-state index is 8.72. The summed E-state index contributed by atoms with van der Waals surface area (Å²) >= 11 is 3.60. The van der Waals surface area contributed by atoms with E-state index in [0.717, 1.165) is 18.4 Å². The SMILES string of the molecule is N#CCc1cccc2c1=C(Br)CCC=2. The molecule has 0 saturated carbocycles. The summed E-state index contributed by atoms with van der Waals surface area (Å²) in [7, 11) is 0. The van der Waals surface area contributed by atoms with Gasteiger partial charge in [-0.05, 0) is 28.8 Å². The Morgan fingerprint density at radius 2 is 2.29 bits per heavy atom. The molecule has 0 amide bonds. The quantitative estimate of drug-likeness (QED) is 0.743. The van der Waals surface area contributed by atoms with E-state index in [2.05, 4.69) is 34.1 Å². The van der Waals surface area contributed by atoms with Crippen molar-refractivity contribution in [2.75, 3.05) is 0 Å². The van der Waals surface area contributed by atoms with Gasteiger partial charge in [-0.2, -0.15) is 5.26 Å². The number of benzene rings is 1. The molecule has 2 heteroatoms. The Kier molecular flexibility index (Phi) is 2.69. The number of fused-ring (bicyclic) bond motifs is 1. The van der Waals surface area contributed by atoms with Crippen LogP contribution in [0.25, 0.3) is 10.6 Å². The molecule has 2 rings (SSSR count). The molecule has 0 N–H and O–H groups in total. The lowest BCUT2D eigenvalue weighted by Gasteiger charge is -2.07. The summed E-state index contributed by atoms with van der Waals surface area (Å²) in [4.78, 5) is 0. The minimum Gasteiger partial charge on any atom is -0.198 e. The van der Waals surface area contributed by atoms with E-state index in [1.165, 1.54) is 14.9 Å². The van der Waals surface area contributed by atoms with E-state index in [9.17, 15) is 0 Å². The van der Waals surface area contributed by atoms with Crippen LogP contribution in [0.3, 0.4) is 0 Å². The van der Waals surface area contributed by atoms with Crippen LogP contribution < -0.4 is 10.4 Å². The molecule has 70 valence electrons. The number of nitriles is 1. The Labute approximate surface area is 91.5 Å². The molecule has 0 aromatic heterocycles. The van der Waals surface area contributed by atoms with Gasteiger partial charge in [0.2, 0.25) is 0 Å². The highest BCUT2D eigenvalue weighted by atomic mass is 79.9. The van der Waals surface area contributed by atoms with E-state index in [1.54, 1.807) is 0 Å². The van der Waals surface area contributed by atoms with Crippen molar-refractivity contribution in [2.45, 2.75) is 19.3 Å². The summed E-state index contributed by atoms with van der Waals surface area (Å²) < 4.78 is 1.24. The molecular formula is C12H10BrN. The van der Waals surface area contributed by atoms with Gasteiger partial charge in [0.25, 0.3) is 0 Å². The lowest BCUT2D eigenvalue weighted by molar-refractivity contribution is 1.09. The van der Waals surface area contributed by atoms with E-state index < -0.39 is 0 Å². The molecule has 1 aromatic carbocycles. The lowest BCUT2D eigenvalue weighted by atomic mass is 10.0. The summed E-state index contributed by atoms with van der Waals surface area (Å²) in [6, 6.07) is 8.37. The minimum atomic E-state index is 0.492. The van der Waals surface area contributed by atoms with Gasteiger partial charge in [0.05, 0.1) is 12.5 Å². The van der Waals surface area contributed by atoms with E-state index in [0.29, 0.717) is 6.42 Å². The first-order valence-corrected chi connectivity index (χ1v) is 5.46. The van der Waals surface area contributed by atoms with Crippen LogP contribution in [0.2, 0.25) is 0 Å². The number of halogens is 1. The summed E-state index contributed by atoms with van der Waals surface area (Å²) in [5.41, 5.74) is 1.13. The maximum atomic E-state index is 8.72. The molecular weight excluding hydrogens is 238 g/mol. The van der Waals surface area contributed by atoms with Gasteiger partial charge in [-0.15, -0.1) is 0 Å². The fourth-order valence-corrected chi connectivity index (χ4v) is 2.55. The molecule has 14 heavy (non-hydrogen) atoms. The van der Waals surface area contributed by atoms with Crippen LogP contribution in [0.1, 0.15) is 18.4 Å². The third-order valence-electron chi connectivity index (χ3n) is 2.45. The van der Waals surface area contributed by atoms with Crippen LogP contribution in [0.4, 0.5) is 0 Å². The van der Waals surface area contributed by atoms with Gasteiger partial charge in [0, 0.05) is 4.48 Å². The molecule has 1 aromatic rings. The molecule has 0 unspecified atom stereocenters. The average molecular weight is 248 g/mol. The topological polar surface area (TPSA) is 23.8 Å². The largest absolute Gasteiger partial charge is 0.198 e. The van der Waals surface area contributed by atoms with Gasteiger partial charge in [-0.3, -0.25) is 0 Å². The molecule has 1 aliphatic rings.